The van der Waals surface area contributed by atoms with E-state index < -0.39 is 10.0 Å². The van der Waals surface area contributed by atoms with E-state index in [-0.39, 0.29) is 4.90 Å². The number of nitrogens with one attached hydrogen (secondary N) is 2. The van der Waals surface area contributed by atoms with E-state index in [9.17, 15) is 8.42 Å². The lowest BCUT2D eigenvalue weighted by atomic mass is 10.2. The molecule has 6 heteroatoms. The van der Waals surface area contributed by atoms with Crippen molar-refractivity contribution in [2.45, 2.75) is 18.2 Å². The van der Waals surface area contributed by atoms with Gasteiger partial charge in [-0.1, -0.05) is 18.2 Å². The van der Waals surface area contributed by atoms with Crippen molar-refractivity contribution in [2.24, 2.45) is 0 Å². The number of rotatable bonds is 7. The quantitative estimate of drug-likeness (QED) is 0.821. The van der Waals surface area contributed by atoms with Crippen LogP contribution >= 0.6 is 0 Å². The van der Waals surface area contributed by atoms with Crippen LogP contribution in [0, 0.1) is 0 Å². The third kappa shape index (κ3) is 4.27. The van der Waals surface area contributed by atoms with Gasteiger partial charge in [0.15, 0.2) is 0 Å². The zero-order chi connectivity index (χ0) is 15.1. The van der Waals surface area contributed by atoms with E-state index in [1.807, 2.05) is 25.1 Å². The van der Waals surface area contributed by atoms with Crippen molar-refractivity contribution < 1.29 is 8.42 Å². The predicted molar refractivity (Wildman–Crippen MR) is 83.7 cm³/mol. The molecule has 2 aromatic rings. The van der Waals surface area contributed by atoms with Gasteiger partial charge in [-0.2, -0.15) is 0 Å². The molecule has 5 nitrogen and oxygen atoms in total. The number of benzene rings is 1. The Labute approximate surface area is 125 Å². The molecule has 0 radical (unpaired) electrons. The highest BCUT2D eigenvalue weighted by Gasteiger charge is 2.17. The number of pyridine rings is 1. The van der Waals surface area contributed by atoms with Crippen LogP contribution in [0.5, 0.6) is 0 Å². The molecule has 0 saturated heterocycles. The van der Waals surface area contributed by atoms with Crippen molar-refractivity contribution in [1.82, 2.24) is 9.71 Å². The van der Waals surface area contributed by atoms with Crippen LogP contribution in [-0.4, -0.2) is 26.5 Å². The summed E-state index contributed by atoms with van der Waals surface area (Å²) >= 11 is 0. The molecule has 2 N–H and O–H groups in total. The van der Waals surface area contributed by atoms with E-state index in [0.717, 1.165) is 5.56 Å². The highest BCUT2D eigenvalue weighted by molar-refractivity contribution is 7.89. The summed E-state index contributed by atoms with van der Waals surface area (Å²) < 4.78 is 27.3. The molecule has 0 saturated carbocycles. The predicted octanol–water partition coefficient (Wildman–Crippen LogP) is 2.03. The molecule has 1 aromatic heterocycles. The Bertz CT molecular complexity index is 672. The molecule has 0 unspecified atom stereocenters. The Hall–Kier alpha value is -1.92. The van der Waals surface area contributed by atoms with Gasteiger partial charge in [-0.05, 0) is 37.1 Å². The van der Waals surface area contributed by atoms with Crippen LogP contribution in [0.3, 0.4) is 0 Å². The first-order valence-corrected chi connectivity index (χ1v) is 8.33. The Kier molecular flexibility index (Phi) is 5.30. The van der Waals surface area contributed by atoms with E-state index in [2.05, 4.69) is 15.0 Å². The number of sulfonamides is 1. The molecule has 21 heavy (non-hydrogen) atoms. The van der Waals surface area contributed by atoms with Crippen LogP contribution in [0.15, 0.2) is 53.7 Å². The molecule has 0 aliphatic heterocycles. The molecule has 0 atom stereocenters. The normalized spacial score (nSPS) is 11.3. The van der Waals surface area contributed by atoms with E-state index in [4.69, 9.17) is 0 Å². The van der Waals surface area contributed by atoms with Gasteiger partial charge in [-0.25, -0.2) is 13.1 Å². The van der Waals surface area contributed by atoms with Gasteiger partial charge < -0.3 is 5.32 Å². The van der Waals surface area contributed by atoms with Crippen LogP contribution in [0.1, 0.15) is 12.5 Å². The van der Waals surface area contributed by atoms with Gasteiger partial charge in [-0.3, -0.25) is 4.98 Å². The van der Waals surface area contributed by atoms with Crippen LogP contribution in [0.4, 0.5) is 5.69 Å². The average Bonchev–Trinajstić information content (AvgIpc) is 2.49. The van der Waals surface area contributed by atoms with Crippen molar-refractivity contribution >= 4 is 15.7 Å². The second-order valence-electron chi connectivity index (χ2n) is 4.54. The van der Waals surface area contributed by atoms with E-state index in [1.165, 1.54) is 0 Å². The minimum absolute atomic E-state index is 0.276. The first-order valence-electron chi connectivity index (χ1n) is 6.85. The second kappa shape index (κ2) is 7.19. The van der Waals surface area contributed by atoms with Crippen LogP contribution in [0.2, 0.25) is 0 Å². The summed E-state index contributed by atoms with van der Waals surface area (Å²) in [5.74, 6) is 0. The fourth-order valence-electron chi connectivity index (χ4n) is 1.99. The molecule has 1 heterocycles. The number of hydrogen-bond acceptors (Lipinski definition) is 4. The minimum Gasteiger partial charge on any atom is -0.384 e. The van der Waals surface area contributed by atoms with Crippen molar-refractivity contribution in [3.8, 4) is 0 Å². The van der Waals surface area contributed by atoms with Crippen molar-refractivity contribution in [3.63, 3.8) is 0 Å². The summed E-state index contributed by atoms with van der Waals surface area (Å²) in [6.45, 7) is 2.94. The summed E-state index contributed by atoms with van der Waals surface area (Å²) in [6, 6.07) is 10.7. The third-order valence-electron chi connectivity index (χ3n) is 2.97. The molecule has 0 amide bonds. The Morgan fingerprint density at radius 3 is 2.67 bits per heavy atom. The van der Waals surface area contributed by atoms with Crippen LogP contribution < -0.4 is 10.0 Å². The summed E-state index contributed by atoms with van der Waals surface area (Å²) in [5, 5.41) is 3.06. The van der Waals surface area contributed by atoms with Gasteiger partial charge >= 0.3 is 0 Å². The average molecular weight is 305 g/mol. The van der Waals surface area contributed by atoms with E-state index in [1.54, 1.807) is 30.6 Å². The molecule has 0 fully saturated rings. The summed E-state index contributed by atoms with van der Waals surface area (Å²) in [7, 11) is -3.52. The number of hydrogen-bond donors (Lipinski definition) is 2. The minimum atomic E-state index is -3.52. The maximum Gasteiger partial charge on any atom is 0.242 e. The lowest BCUT2D eigenvalue weighted by molar-refractivity contribution is 0.582. The SMILES string of the molecule is CCNc1ccccc1S(=O)(=O)NCCc1cccnc1. The topological polar surface area (TPSA) is 71.1 Å². The summed E-state index contributed by atoms with van der Waals surface area (Å²) in [4.78, 5) is 4.29. The zero-order valence-corrected chi connectivity index (χ0v) is 12.7. The number of para-hydroxylation sites is 1. The Morgan fingerprint density at radius 1 is 1.14 bits per heavy atom. The standard InChI is InChI=1S/C15H19N3O2S/c1-2-17-14-7-3-4-8-15(14)21(19,20)18-11-9-13-6-5-10-16-12-13/h3-8,10,12,17-18H,2,9,11H2,1H3. The highest BCUT2D eigenvalue weighted by atomic mass is 32.2. The maximum atomic E-state index is 12.4. The molecule has 0 aliphatic rings. The number of aromatic nitrogens is 1. The van der Waals surface area contributed by atoms with Gasteiger partial charge in [0.2, 0.25) is 10.0 Å². The zero-order valence-electron chi connectivity index (χ0n) is 11.9. The van der Waals surface area contributed by atoms with Crippen molar-refractivity contribution in [3.05, 3.63) is 54.4 Å². The molecule has 0 spiro atoms. The Morgan fingerprint density at radius 2 is 1.95 bits per heavy atom. The molecule has 1 aromatic carbocycles. The van der Waals surface area contributed by atoms with Gasteiger partial charge in [0, 0.05) is 25.5 Å². The second-order valence-corrected chi connectivity index (χ2v) is 6.27. The van der Waals surface area contributed by atoms with Gasteiger partial charge in [0.05, 0.1) is 5.69 Å². The summed E-state index contributed by atoms with van der Waals surface area (Å²) in [6.07, 6.45) is 4.04. The maximum absolute atomic E-state index is 12.4. The van der Waals surface area contributed by atoms with Crippen molar-refractivity contribution in [1.29, 1.82) is 0 Å². The lowest BCUT2D eigenvalue weighted by Gasteiger charge is -2.12. The van der Waals surface area contributed by atoms with Crippen molar-refractivity contribution in [2.75, 3.05) is 18.4 Å². The smallest absolute Gasteiger partial charge is 0.242 e. The van der Waals surface area contributed by atoms with Crippen LogP contribution in [0.25, 0.3) is 0 Å². The monoisotopic (exact) mass is 305 g/mol. The molecule has 112 valence electrons. The third-order valence-corrected chi connectivity index (χ3v) is 4.49. The molecule has 2 rings (SSSR count). The van der Waals surface area contributed by atoms with E-state index >= 15 is 0 Å². The van der Waals surface area contributed by atoms with E-state index in [0.29, 0.717) is 25.2 Å². The fraction of sp³-hybridized carbons (Fsp3) is 0.267. The lowest BCUT2D eigenvalue weighted by Crippen LogP contribution is -2.26. The largest absolute Gasteiger partial charge is 0.384 e. The van der Waals surface area contributed by atoms with Crippen LogP contribution in [-0.2, 0) is 16.4 Å². The highest BCUT2D eigenvalue weighted by Crippen LogP contribution is 2.20. The first-order chi connectivity index (χ1) is 10.1. The number of nitrogens with zero attached hydrogens (tertiary/aromatic N) is 1. The first kappa shape index (κ1) is 15.5. The number of anilines is 1. The molecular weight excluding hydrogens is 286 g/mol. The fourth-order valence-corrected chi connectivity index (χ4v) is 3.20. The molecular formula is C15H19N3O2S. The summed E-state index contributed by atoms with van der Waals surface area (Å²) in [5.41, 5.74) is 1.62. The molecule has 0 aliphatic carbocycles. The van der Waals surface area contributed by atoms with Gasteiger partial charge in [0.1, 0.15) is 4.90 Å². The van der Waals surface area contributed by atoms with Gasteiger partial charge in [-0.15, -0.1) is 0 Å². The Balaban J connectivity index is 2.05. The molecule has 0 bridgehead atoms. The van der Waals surface area contributed by atoms with Gasteiger partial charge in [0.25, 0.3) is 0 Å².